The average Bonchev–Trinajstić information content (AvgIpc) is 3.56. The third kappa shape index (κ3) is 8.22. The zero-order valence-corrected chi connectivity index (χ0v) is 33.9. The quantitative estimate of drug-likeness (QED) is 0.190. The smallest absolute Gasteiger partial charge is 0.253 e. The molecule has 296 valence electrons. The Balaban J connectivity index is 0.762. The first-order valence-corrected chi connectivity index (χ1v) is 21.0. The molecule has 2 aromatic heterocycles. The summed E-state index contributed by atoms with van der Waals surface area (Å²) >= 11 is 3.69. The van der Waals surface area contributed by atoms with Gasteiger partial charge in [-0.2, -0.15) is 0 Å². The van der Waals surface area contributed by atoms with Gasteiger partial charge in [0.2, 0.25) is 11.8 Å². The molecule has 4 fully saturated rings. The van der Waals surface area contributed by atoms with Crippen LogP contribution in [0.25, 0.3) is 11.0 Å². The number of rotatable bonds is 9. The predicted molar refractivity (Wildman–Crippen MR) is 220 cm³/mol. The van der Waals surface area contributed by atoms with Crippen LogP contribution in [0, 0.1) is 11.7 Å². The van der Waals surface area contributed by atoms with Gasteiger partial charge in [0.25, 0.3) is 5.91 Å². The van der Waals surface area contributed by atoms with Crippen LogP contribution in [0.4, 0.5) is 15.8 Å². The first-order valence-electron chi connectivity index (χ1n) is 20.2. The number of amides is 3. The maximum Gasteiger partial charge on any atom is 0.253 e. The molecular weight excluding hydrogens is 775 g/mol. The Morgan fingerprint density at radius 2 is 1.66 bits per heavy atom. The Morgan fingerprint density at radius 1 is 0.929 bits per heavy atom. The van der Waals surface area contributed by atoms with Gasteiger partial charge in [-0.25, -0.2) is 9.37 Å². The first kappa shape index (κ1) is 38.5. The van der Waals surface area contributed by atoms with Crippen molar-refractivity contribution in [2.75, 3.05) is 69.1 Å². The number of anilines is 2. The van der Waals surface area contributed by atoms with Gasteiger partial charge in [-0.1, -0.05) is 12.1 Å². The number of hydrogen-bond acceptors (Lipinski definition) is 8. The molecular formula is C43H52BrFN8O3. The Bertz CT molecular complexity index is 2070. The molecule has 2 atom stereocenters. The number of fused-ring (bicyclic) bond motifs is 1. The van der Waals surface area contributed by atoms with Gasteiger partial charge in [-0.15, -0.1) is 0 Å². The van der Waals surface area contributed by atoms with Crippen molar-refractivity contribution in [3.63, 3.8) is 0 Å². The molecule has 6 heterocycles. The summed E-state index contributed by atoms with van der Waals surface area (Å²) in [6, 6.07) is 17.4. The number of piperazine rings is 1. The molecule has 4 aromatic rings. The van der Waals surface area contributed by atoms with Crippen molar-refractivity contribution >= 4 is 56.1 Å². The first-order chi connectivity index (χ1) is 27.1. The SMILES string of the molecule is CC(c1cc2c(Br)ccnc2n1C)N1CCC(c2ccc(C(=O)N3CCC(CN4CCN(c5ccc(NC6CCC(=O)NC6=O)cc5F)CC4)CC3)cc2)CC1. The van der Waals surface area contributed by atoms with Gasteiger partial charge in [-0.05, 0) is 128 Å². The average molecular weight is 828 g/mol. The van der Waals surface area contributed by atoms with Crippen LogP contribution < -0.4 is 15.5 Å². The molecule has 0 saturated carbocycles. The fourth-order valence-electron chi connectivity index (χ4n) is 9.24. The van der Waals surface area contributed by atoms with E-state index in [-0.39, 0.29) is 30.0 Å². The number of imide groups is 1. The number of nitrogens with one attached hydrogen (secondary N) is 2. The van der Waals surface area contributed by atoms with E-state index in [1.165, 1.54) is 17.3 Å². The van der Waals surface area contributed by atoms with E-state index in [1.807, 2.05) is 29.3 Å². The molecule has 0 bridgehead atoms. The minimum absolute atomic E-state index is 0.128. The van der Waals surface area contributed by atoms with Crippen molar-refractivity contribution < 1.29 is 18.8 Å². The van der Waals surface area contributed by atoms with Crippen LogP contribution in [0.1, 0.15) is 79.0 Å². The Hall–Kier alpha value is -4.33. The maximum absolute atomic E-state index is 15.2. The van der Waals surface area contributed by atoms with Crippen molar-refractivity contribution in [2.24, 2.45) is 13.0 Å². The normalized spacial score (nSPS) is 21.4. The van der Waals surface area contributed by atoms with Crippen LogP contribution >= 0.6 is 15.9 Å². The number of carbonyl (C=O) groups excluding carboxylic acids is 3. The topological polar surface area (TPSA) is 106 Å². The number of aryl methyl sites for hydroxylation is 1. The highest BCUT2D eigenvalue weighted by Gasteiger charge is 2.30. The lowest BCUT2D eigenvalue weighted by molar-refractivity contribution is -0.133. The molecule has 4 aliphatic rings. The molecule has 3 amide bonds. The summed E-state index contributed by atoms with van der Waals surface area (Å²) in [7, 11) is 2.11. The van der Waals surface area contributed by atoms with Gasteiger partial charge in [0.05, 0.1) is 5.69 Å². The summed E-state index contributed by atoms with van der Waals surface area (Å²) in [6.07, 6.45) is 6.69. The molecule has 8 rings (SSSR count). The number of hydrogen-bond donors (Lipinski definition) is 2. The van der Waals surface area contributed by atoms with E-state index >= 15 is 4.39 Å². The standard InChI is InChI=1S/C43H52BrFN8O3/c1-28(39-26-34-35(44)11-16-46-41(34)49(39)2)51-19-14-31(15-20-51)30-3-5-32(6-4-30)43(56)53-17-12-29(13-18-53)27-50-21-23-52(24-22-50)38-9-7-33(25-36(38)45)47-37-8-10-40(54)48-42(37)55/h3-7,9,11,16,25-26,28-29,31,37,47H,8,10,12-15,17-24,27H2,1-2H3,(H,48,54,55). The number of likely N-dealkylation sites (tertiary alicyclic amines) is 2. The third-order valence-corrected chi connectivity index (χ3v) is 13.4. The number of nitrogens with zero attached hydrogens (tertiary/aromatic N) is 6. The molecule has 56 heavy (non-hydrogen) atoms. The van der Waals surface area contributed by atoms with Crippen molar-refractivity contribution in [1.29, 1.82) is 0 Å². The van der Waals surface area contributed by atoms with E-state index in [4.69, 9.17) is 0 Å². The van der Waals surface area contributed by atoms with Gasteiger partial charge in [-0.3, -0.25) is 29.5 Å². The fourth-order valence-corrected chi connectivity index (χ4v) is 9.65. The van der Waals surface area contributed by atoms with Gasteiger partial charge >= 0.3 is 0 Å². The molecule has 2 aromatic carbocycles. The zero-order chi connectivity index (χ0) is 38.9. The Kier molecular flexibility index (Phi) is 11.5. The minimum Gasteiger partial charge on any atom is -0.374 e. The number of halogens is 2. The van der Waals surface area contributed by atoms with Gasteiger partial charge in [0, 0.05) is 98.3 Å². The van der Waals surface area contributed by atoms with Crippen molar-refractivity contribution in [3.8, 4) is 0 Å². The molecule has 13 heteroatoms. The van der Waals surface area contributed by atoms with E-state index in [0.29, 0.717) is 35.7 Å². The number of carbonyl (C=O) groups is 3. The van der Waals surface area contributed by atoms with Crippen LogP contribution in [0.15, 0.2) is 65.3 Å². The van der Waals surface area contributed by atoms with Crippen LogP contribution in [0.2, 0.25) is 0 Å². The van der Waals surface area contributed by atoms with E-state index in [0.717, 1.165) is 106 Å². The number of benzene rings is 2. The molecule has 0 radical (unpaired) electrons. The summed E-state index contributed by atoms with van der Waals surface area (Å²) in [6.45, 7) is 10.1. The second-order valence-corrected chi connectivity index (χ2v) is 17.0. The lowest BCUT2D eigenvalue weighted by Crippen LogP contribution is -2.49. The predicted octanol–water partition coefficient (Wildman–Crippen LogP) is 6.31. The largest absolute Gasteiger partial charge is 0.374 e. The van der Waals surface area contributed by atoms with Gasteiger partial charge in [0.1, 0.15) is 17.5 Å². The van der Waals surface area contributed by atoms with Crippen molar-refractivity contribution in [3.05, 3.63) is 87.9 Å². The highest BCUT2D eigenvalue weighted by Crippen LogP contribution is 2.35. The fraction of sp³-hybridized carbons (Fsp3) is 0.488. The molecule has 4 saturated heterocycles. The summed E-state index contributed by atoms with van der Waals surface area (Å²) in [5.41, 5.74) is 5.49. The monoisotopic (exact) mass is 826 g/mol. The van der Waals surface area contributed by atoms with Crippen molar-refractivity contribution in [1.82, 2.24) is 29.6 Å². The summed E-state index contributed by atoms with van der Waals surface area (Å²) < 4.78 is 18.5. The molecule has 4 aliphatic heterocycles. The third-order valence-electron chi connectivity index (χ3n) is 12.7. The van der Waals surface area contributed by atoms with E-state index in [2.05, 4.69) is 83.0 Å². The summed E-state index contributed by atoms with van der Waals surface area (Å²) in [4.78, 5) is 50.8. The van der Waals surface area contributed by atoms with Crippen LogP contribution in [-0.4, -0.2) is 107 Å². The molecule has 2 unspecified atom stereocenters. The number of pyridine rings is 1. The van der Waals surface area contributed by atoms with Crippen LogP contribution in [0.5, 0.6) is 0 Å². The zero-order valence-electron chi connectivity index (χ0n) is 32.4. The van der Waals surface area contributed by atoms with Gasteiger partial charge in [0.15, 0.2) is 0 Å². The van der Waals surface area contributed by atoms with Crippen molar-refractivity contribution in [2.45, 2.75) is 63.5 Å². The lowest BCUT2D eigenvalue weighted by Gasteiger charge is -2.39. The molecule has 0 spiro atoms. The van der Waals surface area contributed by atoms with Gasteiger partial charge < -0.3 is 19.7 Å². The highest BCUT2D eigenvalue weighted by atomic mass is 79.9. The number of aromatic nitrogens is 2. The van der Waals surface area contributed by atoms with Crippen LogP contribution in [-0.2, 0) is 16.6 Å². The second kappa shape index (κ2) is 16.6. The molecule has 0 aliphatic carbocycles. The number of piperidine rings is 3. The Labute approximate surface area is 336 Å². The second-order valence-electron chi connectivity index (χ2n) is 16.1. The van der Waals surface area contributed by atoms with E-state index < -0.39 is 6.04 Å². The maximum atomic E-state index is 15.2. The Morgan fingerprint density at radius 3 is 2.34 bits per heavy atom. The minimum atomic E-state index is -0.545. The lowest BCUT2D eigenvalue weighted by atomic mass is 9.88. The molecule has 2 N–H and O–H groups in total. The molecule has 11 nitrogen and oxygen atoms in total. The summed E-state index contributed by atoms with van der Waals surface area (Å²) in [5, 5.41) is 6.54. The van der Waals surface area contributed by atoms with E-state index in [1.54, 1.807) is 12.1 Å². The summed E-state index contributed by atoms with van der Waals surface area (Å²) in [5.74, 6) is 0.196. The highest BCUT2D eigenvalue weighted by molar-refractivity contribution is 9.10. The van der Waals surface area contributed by atoms with Crippen LogP contribution in [0.3, 0.4) is 0 Å². The van der Waals surface area contributed by atoms with E-state index in [9.17, 15) is 14.4 Å².